The molecule has 1 amide bonds. The molecule has 10 heteroatoms. The van der Waals surface area contributed by atoms with Crippen molar-refractivity contribution in [2.75, 3.05) is 25.1 Å². The van der Waals surface area contributed by atoms with Crippen LogP contribution < -0.4 is 19.2 Å². The quantitative estimate of drug-likeness (QED) is 0.301. The van der Waals surface area contributed by atoms with Gasteiger partial charge in [0.2, 0.25) is 0 Å². The molecule has 0 atom stereocenters. The number of ether oxygens (including phenoxy) is 2. The predicted octanol–water partition coefficient (Wildman–Crippen LogP) is 4.79. The second-order valence-corrected chi connectivity index (χ2v) is 10.1. The maximum Gasteiger partial charge on any atom is 0.264 e. The van der Waals surface area contributed by atoms with Gasteiger partial charge in [0.05, 0.1) is 30.5 Å². The number of sulfonamides is 1. The van der Waals surface area contributed by atoms with Crippen LogP contribution in [0, 0.1) is 6.92 Å². The first-order valence-corrected chi connectivity index (χ1v) is 12.9. The number of halogens is 1. The Kier molecular flexibility index (Phi) is 8.95. The molecule has 0 fully saturated rings. The van der Waals surface area contributed by atoms with E-state index in [0.717, 1.165) is 9.87 Å². The number of hydrogen-bond donors (Lipinski definition) is 1. The molecule has 3 rings (SSSR count). The largest absolute Gasteiger partial charge is 0.493 e. The maximum absolute atomic E-state index is 13.5. The molecule has 0 unspecified atom stereocenters. The Labute approximate surface area is 216 Å². The second kappa shape index (κ2) is 11.9. The third kappa shape index (κ3) is 6.16. The molecule has 0 aliphatic heterocycles. The van der Waals surface area contributed by atoms with Crippen molar-refractivity contribution < 1.29 is 22.7 Å². The van der Waals surface area contributed by atoms with Crippen molar-refractivity contribution in [1.82, 2.24) is 5.43 Å². The van der Waals surface area contributed by atoms with Gasteiger partial charge in [-0.25, -0.2) is 13.8 Å². The van der Waals surface area contributed by atoms with Crippen LogP contribution in [0.3, 0.4) is 0 Å². The first-order valence-electron chi connectivity index (χ1n) is 11.1. The van der Waals surface area contributed by atoms with E-state index in [4.69, 9.17) is 21.1 Å². The SMILES string of the molecule is CC/C(=N/NC(=O)CN(c1cc(Cl)ccc1C)S(=O)(=O)c1ccccc1)c1ccc(OC)c(OC)c1. The zero-order chi connectivity index (χ0) is 26.3. The van der Waals surface area contributed by atoms with E-state index in [1.807, 2.05) is 6.92 Å². The molecule has 1 N–H and O–H groups in total. The molecule has 0 spiro atoms. The van der Waals surface area contributed by atoms with Gasteiger partial charge in [0.1, 0.15) is 6.54 Å². The number of carbonyl (C=O) groups excluding carboxylic acids is 1. The minimum atomic E-state index is -4.07. The average molecular weight is 530 g/mol. The lowest BCUT2D eigenvalue weighted by atomic mass is 10.1. The molecule has 0 saturated carbocycles. The summed E-state index contributed by atoms with van der Waals surface area (Å²) in [5.74, 6) is 0.485. The van der Waals surface area contributed by atoms with E-state index in [1.54, 1.807) is 62.6 Å². The molecule has 36 heavy (non-hydrogen) atoms. The van der Waals surface area contributed by atoms with Crippen LogP contribution in [0.1, 0.15) is 24.5 Å². The Morgan fingerprint density at radius 1 is 1.00 bits per heavy atom. The summed E-state index contributed by atoms with van der Waals surface area (Å²) in [6.45, 7) is 3.15. The Morgan fingerprint density at radius 3 is 2.33 bits per heavy atom. The van der Waals surface area contributed by atoms with Crippen LogP contribution in [0.2, 0.25) is 5.02 Å². The standard InChI is InChI=1S/C26H28ClN3O5S/c1-5-22(19-12-14-24(34-3)25(15-19)35-4)28-29-26(31)17-30(23-16-20(27)13-11-18(23)2)36(32,33)21-9-7-6-8-10-21/h6-16H,5,17H2,1-4H3,(H,29,31)/b28-22-. The maximum atomic E-state index is 13.5. The van der Waals surface area contributed by atoms with Crippen LogP contribution in [-0.4, -0.2) is 40.8 Å². The summed E-state index contributed by atoms with van der Waals surface area (Å²) in [5, 5.41) is 4.61. The van der Waals surface area contributed by atoms with Gasteiger partial charge in [0.25, 0.3) is 15.9 Å². The van der Waals surface area contributed by atoms with E-state index in [-0.39, 0.29) is 4.90 Å². The van der Waals surface area contributed by atoms with Crippen LogP contribution in [0.5, 0.6) is 11.5 Å². The van der Waals surface area contributed by atoms with Gasteiger partial charge in [-0.05, 0) is 61.4 Å². The van der Waals surface area contributed by atoms with E-state index in [0.29, 0.717) is 39.9 Å². The van der Waals surface area contributed by atoms with E-state index in [1.165, 1.54) is 25.3 Å². The smallest absolute Gasteiger partial charge is 0.264 e. The molecule has 0 aliphatic rings. The van der Waals surface area contributed by atoms with Crippen molar-refractivity contribution in [1.29, 1.82) is 0 Å². The monoisotopic (exact) mass is 529 g/mol. The summed E-state index contributed by atoms with van der Waals surface area (Å²) in [4.78, 5) is 13.0. The number of anilines is 1. The molecule has 0 aromatic heterocycles. The summed E-state index contributed by atoms with van der Waals surface area (Å²) < 4.78 is 38.7. The third-order valence-electron chi connectivity index (χ3n) is 5.43. The minimum absolute atomic E-state index is 0.0558. The van der Waals surface area contributed by atoms with E-state index in [2.05, 4.69) is 10.5 Å². The fourth-order valence-electron chi connectivity index (χ4n) is 3.53. The first-order chi connectivity index (χ1) is 17.2. The number of amides is 1. The summed E-state index contributed by atoms with van der Waals surface area (Å²) >= 11 is 6.17. The predicted molar refractivity (Wildman–Crippen MR) is 142 cm³/mol. The zero-order valence-electron chi connectivity index (χ0n) is 20.5. The van der Waals surface area contributed by atoms with Gasteiger partial charge in [0.15, 0.2) is 11.5 Å². The average Bonchev–Trinajstić information content (AvgIpc) is 2.89. The van der Waals surface area contributed by atoms with Gasteiger partial charge >= 0.3 is 0 Å². The molecule has 0 radical (unpaired) electrons. The number of nitrogens with one attached hydrogen (secondary N) is 1. The lowest BCUT2D eigenvalue weighted by molar-refractivity contribution is -0.119. The molecule has 0 saturated heterocycles. The summed E-state index contributed by atoms with van der Waals surface area (Å²) in [7, 11) is -0.988. The topological polar surface area (TPSA) is 97.3 Å². The number of hydrazone groups is 1. The molecular weight excluding hydrogens is 502 g/mol. The van der Waals surface area contributed by atoms with Crippen molar-refractivity contribution in [3.63, 3.8) is 0 Å². The number of aryl methyl sites for hydroxylation is 1. The molecule has 3 aromatic carbocycles. The van der Waals surface area contributed by atoms with Gasteiger partial charge in [-0.1, -0.05) is 42.8 Å². The Balaban J connectivity index is 1.92. The highest BCUT2D eigenvalue weighted by atomic mass is 35.5. The van der Waals surface area contributed by atoms with Crippen LogP contribution in [-0.2, 0) is 14.8 Å². The Morgan fingerprint density at radius 2 is 1.69 bits per heavy atom. The third-order valence-corrected chi connectivity index (χ3v) is 7.43. The van der Waals surface area contributed by atoms with Crippen LogP contribution >= 0.6 is 11.6 Å². The highest BCUT2D eigenvalue weighted by molar-refractivity contribution is 7.92. The van der Waals surface area contributed by atoms with E-state index >= 15 is 0 Å². The van der Waals surface area contributed by atoms with E-state index in [9.17, 15) is 13.2 Å². The highest BCUT2D eigenvalue weighted by Crippen LogP contribution is 2.30. The lowest BCUT2D eigenvalue weighted by Gasteiger charge is -2.25. The highest BCUT2D eigenvalue weighted by Gasteiger charge is 2.28. The van der Waals surface area contributed by atoms with Crippen LogP contribution in [0.4, 0.5) is 5.69 Å². The number of methoxy groups -OCH3 is 2. The van der Waals surface area contributed by atoms with Gasteiger partial charge in [0, 0.05) is 10.6 Å². The molecule has 0 aliphatic carbocycles. The molecular formula is C26H28ClN3O5S. The minimum Gasteiger partial charge on any atom is -0.493 e. The van der Waals surface area contributed by atoms with Crippen molar-refractivity contribution in [3.8, 4) is 11.5 Å². The second-order valence-electron chi connectivity index (χ2n) is 7.77. The Hall–Kier alpha value is -3.56. The molecule has 0 bridgehead atoms. The number of benzene rings is 3. The van der Waals surface area contributed by atoms with Crippen molar-refractivity contribution in [2.24, 2.45) is 5.10 Å². The summed E-state index contributed by atoms with van der Waals surface area (Å²) in [6, 6.07) is 18.1. The number of nitrogens with zero attached hydrogens (tertiary/aromatic N) is 2. The number of rotatable bonds is 10. The number of hydrogen-bond acceptors (Lipinski definition) is 6. The van der Waals surface area contributed by atoms with Crippen LogP contribution in [0.25, 0.3) is 0 Å². The van der Waals surface area contributed by atoms with E-state index < -0.39 is 22.5 Å². The van der Waals surface area contributed by atoms with Gasteiger partial charge < -0.3 is 9.47 Å². The zero-order valence-corrected chi connectivity index (χ0v) is 22.1. The first kappa shape index (κ1) is 27.0. The van der Waals surface area contributed by atoms with Crippen molar-refractivity contribution in [2.45, 2.75) is 25.2 Å². The Bertz CT molecular complexity index is 1360. The molecule has 0 heterocycles. The van der Waals surface area contributed by atoms with Crippen LogP contribution in [0.15, 0.2) is 76.7 Å². The summed E-state index contributed by atoms with van der Waals surface area (Å²) in [5.41, 5.74) is 4.76. The van der Waals surface area contributed by atoms with Crippen molar-refractivity contribution >= 4 is 38.9 Å². The lowest BCUT2D eigenvalue weighted by Crippen LogP contribution is -2.40. The van der Waals surface area contributed by atoms with Gasteiger partial charge in [-0.15, -0.1) is 0 Å². The fourth-order valence-corrected chi connectivity index (χ4v) is 5.19. The normalized spacial score (nSPS) is 11.6. The molecule has 3 aromatic rings. The fraction of sp³-hybridized carbons (Fsp3) is 0.231. The molecule has 8 nitrogen and oxygen atoms in total. The van der Waals surface area contributed by atoms with Gasteiger partial charge in [-0.2, -0.15) is 5.10 Å². The van der Waals surface area contributed by atoms with Gasteiger partial charge in [-0.3, -0.25) is 9.10 Å². The number of carbonyl (C=O) groups is 1. The van der Waals surface area contributed by atoms with Crippen molar-refractivity contribution in [3.05, 3.63) is 82.9 Å². The molecule has 190 valence electrons. The summed E-state index contributed by atoms with van der Waals surface area (Å²) in [6.07, 6.45) is 0.509.